The topological polar surface area (TPSA) is 69.2 Å². The molecule has 2 aromatic carbocycles. The van der Waals surface area contributed by atoms with Crippen molar-refractivity contribution < 1.29 is 9.26 Å². The molecule has 4 aromatic rings. The minimum absolute atomic E-state index is 0.608. The van der Waals surface area contributed by atoms with Crippen molar-refractivity contribution >= 4 is 11.8 Å². The van der Waals surface area contributed by atoms with Crippen LogP contribution in [0.3, 0.4) is 0 Å². The van der Waals surface area contributed by atoms with Gasteiger partial charge < -0.3 is 9.26 Å². The van der Waals surface area contributed by atoms with Gasteiger partial charge >= 0.3 is 0 Å². The van der Waals surface area contributed by atoms with E-state index in [2.05, 4.69) is 37.0 Å². The average Bonchev–Trinajstić information content (AvgIpc) is 3.51. The molecule has 0 radical (unpaired) electrons. The Hall–Kier alpha value is -3.10. The average molecular weight is 462 g/mol. The summed E-state index contributed by atoms with van der Waals surface area (Å²) >= 11 is 1.60. The van der Waals surface area contributed by atoms with E-state index < -0.39 is 0 Å². The van der Waals surface area contributed by atoms with E-state index in [1.54, 1.807) is 18.9 Å². The molecule has 0 amide bonds. The van der Waals surface area contributed by atoms with Crippen LogP contribution in [0.2, 0.25) is 0 Å². The molecule has 1 fully saturated rings. The van der Waals surface area contributed by atoms with Crippen molar-refractivity contribution in [1.29, 1.82) is 0 Å². The van der Waals surface area contributed by atoms with Crippen LogP contribution in [0.5, 0.6) is 5.75 Å². The highest BCUT2D eigenvalue weighted by molar-refractivity contribution is 7.98. The fraction of sp³-hybridized carbons (Fsp3) is 0.320. The van der Waals surface area contributed by atoms with E-state index in [9.17, 15) is 0 Å². The zero-order chi connectivity index (χ0) is 22.5. The molecule has 0 bridgehead atoms. The Morgan fingerprint density at radius 2 is 1.76 bits per heavy atom. The molecule has 7 nitrogen and oxygen atoms in total. The van der Waals surface area contributed by atoms with Crippen LogP contribution in [0.15, 0.2) is 70.3 Å². The summed E-state index contributed by atoms with van der Waals surface area (Å²) in [6, 6.07) is 20.1. The highest BCUT2D eigenvalue weighted by atomic mass is 32.2. The Kier molecular flexibility index (Phi) is 6.73. The number of hydrogen-bond donors (Lipinski definition) is 0. The Bertz CT molecular complexity index is 1180. The Balaban J connectivity index is 1.36. The van der Waals surface area contributed by atoms with Gasteiger partial charge in [0, 0.05) is 17.3 Å². The molecule has 0 saturated carbocycles. The second-order valence-electron chi connectivity index (χ2n) is 8.07. The van der Waals surface area contributed by atoms with Crippen LogP contribution in [0.4, 0.5) is 0 Å². The predicted octanol–water partition coefficient (Wildman–Crippen LogP) is 5.21. The molecule has 1 aliphatic heterocycles. The third-order valence-electron chi connectivity index (χ3n) is 5.81. The minimum Gasteiger partial charge on any atom is -0.496 e. The lowest BCUT2D eigenvalue weighted by atomic mass is 10.1. The van der Waals surface area contributed by atoms with Crippen LogP contribution in [-0.2, 0) is 12.3 Å². The number of aromatic nitrogens is 4. The lowest BCUT2D eigenvalue weighted by Gasteiger charge is -2.26. The highest BCUT2D eigenvalue weighted by Gasteiger charge is 2.19. The SMILES string of the molecule is COc1ccccc1-c1cc(CSc2nnc(CN3CCCCC3)n2-c2ccccc2)on1. The molecule has 5 rings (SSSR count). The summed E-state index contributed by atoms with van der Waals surface area (Å²) in [6.45, 7) is 3.05. The summed E-state index contributed by atoms with van der Waals surface area (Å²) in [6.07, 6.45) is 3.82. The van der Waals surface area contributed by atoms with E-state index in [-0.39, 0.29) is 0 Å². The van der Waals surface area contributed by atoms with Crippen molar-refractivity contribution in [2.75, 3.05) is 20.2 Å². The number of hydrogen-bond acceptors (Lipinski definition) is 7. The van der Waals surface area contributed by atoms with E-state index in [4.69, 9.17) is 9.26 Å². The second-order valence-corrected chi connectivity index (χ2v) is 9.02. The molecule has 8 heteroatoms. The van der Waals surface area contributed by atoms with Crippen molar-refractivity contribution in [3.05, 3.63) is 72.2 Å². The number of rotatable bonds is 8. The highest BCUT2D eigenvalue weighted by Crippen LogP contribution is 2.31. The van der Waals surface area contributed by atoms with Crippen molar-refractivity contribution in [3.8, 4) is 22.7 Å². The molecular formula is C25H27N5O2S. The monoisotopic (exact) mass is 461 g/mol. The van der Waals surface area contributed by atoms with Gasteiger partial charge in [-0.15, -0.1) is 10.2 Å². The predicted molar refractivity (Wildman–Crippen MR) is 129 cm³/mol. The van der Waals surface area contributed by atoms with Gasteiger partial charge in [-0.05, 0) is 50.2 Å². The van der Waals surface area contributed by atoms with Gasteiger partial charge in [-0.25, -0.2) is 0 Å². The zero-order valence-electron chi connectivity index (χ0n) is 18.7. The van der Waals surface area contributed by atoms with Crippen molar-refractivity contribution in [2.24, 2.45) is 0 Å². The van der Waals surface area contributed by atoms with Crippen LogP contribution < -0.4 is 4.74 Å². The van der Waals surface area contributed by atoms with Crippen LogP contribution in [0.1, 0.15) is 30.8 Å². The van der Waals surface area contributed by atoms with E-state index in [0.717, 1.165) is 59.1 Å². The maximum absolute atomic E-state index is 5.62. The Morgan fingerprint density at radius 3 is 2.58 bits per heavy atom. The van der Waals surface area contributed by atoms with Crippen LogP contribution in [0, 0.1) is 0 Å². The van der Waals surface area contributed by atoms with Gasteiger partial charge in [-0.2, -0.15) is 0 Å². The standard InChI is InChI=1S/C25H27N5O2S/c1-31-23-13-7-6-12-21(23)22-16-20(32-28-22)18-33-25-27-26-24(17-29-14-8-3-9-15-29)30(25)19-10-4-2-5-11-19/h2,4-7,10-13,16H,3,8-9,14-15,17-18H2,1H3. The molecular weight excluding hydrogens is 434 g/mol. The number of likely N-dealkylation sites (tertiary alicyclic amines) is 1. The number of benzene rings is 2. The van der Waals surface area contributed by atoms with E-state index in [0.29, 0.717) is 5.75 Å². The van der Waals surface area contributed by atoms with Crippen molar-refractivity contribution in [2.45, 2.75) is 36.7 Å². The number of para-hydroxylation sites is 2. The quantitative estimate of drug-likeness (QED) is 0.334. The molecule has 3 heterocycles. The minimum atomic E-state index is 0.608. The Morgan fingerprint density at radius 1 is 0.970 bits per heavy atom. The molecule has 1 aliphatic rings. The third-order valence-corrected chi connectivity index (χ3v) is 6.77. The summed E-state index contributed by atoms with van der Waals surface area (Å²) < 4.78 is 13.2. The van der Waals surface area contributed by atoms with E-state index in [1.807, 2.05) is 48.5 Å². The first-order chi connectivity index (χ1) is 16.3. The summed E-state index contributed by atoms with van der Waals surface area (Å²) in [4.78, 5) is 2.47. The molecule has 0 spiro atoms. The normalized spacial score (nSPS) is 14.5. The van der Waals surface area contributed by atoms with Gasteiger partial charge in [-0.3, -0.25) is 9.47 Å². The first kappa shape index (κ1) is 21.7. The van der Waals surface area contributed by atoms with Gasteiger partial charge in [-0.1, -0.05) is 53.7 Å². The third kappa shape index (κ3) is 4.96. The molecule has 0 unspecified atom stereocenters. The van der Waals surface area contributed by atoms with Crippen LogP contribution in [0.25, 0.3) is 16.9 Å². The molecule has 0 aliphatic carbocycles. The molecule has 0 atom stereocenters. The first-order valence-corrected chi connectivity index (χ1v) is 12.2. The number of thioether (sulfide) groups is 1. The van der Waals surface area contributed by atoms with E-state index >= 15 is 0 Å². The first-order valence-electron chi connectivity index (χ1n) is 11.3. The molecule has 170 valence electrons. The maximum Gasteiger partial charge on any atom is 0.196 e. The zero-order valence-corrected chi connectivity index (χ0v) is 19.5. The van der Waals surface area contributed by atoms with E-state index in [1.165, 1.54) is 19.3 Å². The molecule has 1 saturated heterocycles. The fourth-order valence-electron chi connectivity index (χ4n) is 4.15. The summed E-state index contributed by atoms with van der Waals surface area (Å²) in [5, 5.41) is 14.2. The number of methoxy groups -OCH3 is 1. The Labute approximate surface area is 197 Å². The molecule has 0 N–H and O–H groups in total. The fourth-order valence-corrected chi connectivity index (χ4v) is 5.00. The second kappa shape index (κ2) is 10.2. The van der Waals surface area contributed by atoms with Crippen LogP contribution in [-0.4, -0.2) is 45.0 Å². The number of ether oxygens (including phenoxy) is 1. The number of piperidine rings is 1. The van der Waals surface area contributed by atoms with Gasteiger partial charge in [0.1, 0.15) is 17.2 Å². The van der Waals surface area contributed by atoms with Crippen LogP contribution >= 0.6 is 11.8 Å². The smallest absolute Gasteiger partial charge is 0.196 e. The van der Waals surface area contributed by atoms with Gasteiger partial charge in [0.15, 0.2) is 11.0 Å². The van der Waals surface area contributed by atoms with Gasteiger partial charge in [0.2, 0.25) is 0 Å². The largest absolute Gasteiger partial charge is 0.496 e. The van der Waals surface area contributed by atoms with Gasteiger partial charge in [0.25, 0.3) is 0 Å². The summed E-state index contributed by atoms with van der Waals surface area (Å²) in [5.74, 6) is 3.13. The number of nitrogens with zero attached hydrogens (tertiary/aromatic N) is 5. The van der Waals surface area contributed by atoms with Gasteiger partial charge in [0.05, 0.1) is 19.4 Å². The lowest BCUT2D eigenvalue weighted by Crippen LogP contribution is -2.30. The summed E-state index contributed by atoms with van der Waals surface area (Å²) in [7, 11) is 1.66. The van der Waals surface area contributed by atoms with Crippen molar-refractivity contribution in [3.63, 3.8) is 0 Å². The lowest BCUT2D eigenvalue weighted by molar-refractivity contribution is 0.214. The summed E-state index contributed by atoms with van der Waals surface area (Å²) in [5.41, 5.74) is 2.75. The molecule has 33 heavy (non-hydrogen) atoms. The maximum atomic E-state index is 5.62. The van der Waals surface area contributed by atoms with Crippen molar-refractivity contribution in [1.82, 2.24) is 24.8 Å². The molecule has 2 aromatic heterocycles.